The Morgan fingerprint density at radius 3 is 2.12 bits per heavy atom. The van der Waals surface area contributed by atoms with Crippen LogP contribution in [0.3, 0.4) is 0 Å². The van der Waals surface area contributed by atoms with Crippen molar-refractivity contribution in [3.8, 4) is 0 Å². The van der Waals surface area contributed by atoms with Gasteiger partial charge in [0.25, 0.3) is 0 Å². The van der Waals surface area contributed by atoms with E-state index in [1.807, 2.05) is 29.2 Å². The van der Waals surface area contributed by atoms with Crippen molar-refractivity contribution < 1.29 is 9.59 Å². The van der Waals surface area contributed by atoms with Crippen LogP contribution in [0, 0.1) is 5.92 Å². The van der Waals surface area contributed by atoms with Crippen LogP contribution in [0.5, 0.6) is 0 Å². The Morgan fingerprint density at radius 1 is 0.885 bits per heavy atom. The van der Waals surface area contributed by atoms with E-state index in [1.54, 1.807) is 0 Å². The van der Waals surface area contributed by atoms with Crippen LogP contribution in [-0.4, -0.2) is 47.8 Å². The zero-order valence-corrected chi connectivity index (χ0v) is 16.2. The van der Waals surface area contributed by atoms with E-state index in [4.69, 9.17) is 11.6 Å². The summed E-state index contributed by atoms with van der Waals surface area (Å²) in [6.07, 6.45) is 7.62. The van der Waals surface area contributed by atoms with Gasteiger partial charge in [-0.2, -0.15) is 0 Å². The average molecular weight is 377 g/mol. The molecule has 0 unspecified atom stereocenters. The van der Waals surface area contributed by atoms with Crippen LogP contribution in [0.15, 0.2) is 24.3 Å². The second kappa shape index (κ2) is 9.40. The highest BCUT2D eigenvalue weighted by atomic mass is 35.5. The zero-order valence-electron chi connectivity index (χ0n) is 15.5. The van der Waals surface area contributed by atoms with E-state index in [0.717, 1.165) is 55.8 Å². The molecule has 2 aliphatic rings. The van der Waals surface area contributed by atoms with Crippen LogP contribution in [0.25, 0.3) is 0 Å². The molecule has 2 fully saturated rings. The lowest BCUT2D eigenvalue weighted by Crippen LogP contribution is -2.44. The van der Waals surface area contributed by atoms with E-state index in [9.17, 15) is 9.59 Å². The van der Waals surface area contributed by atoms with Crippen LogP contribution in [-0.2, 0) is 16.0 Å². The minimum Gasteiger partial charge on any atom is -0.343 e. The molecule has 0 radical (unpaired) electrons. The van der Waals surface area contributed by atoms with Gasteiger partial charge in [-0.25, -0.2) is 0 Å². The second-order valence-electron chi connectivity index (χ2n) is 7.52. The van der Waals surface area contributed by atoms with Crippen molar-refractivity contribution in [1.82, 2.24) is 9.80 Å². The number of carbonyl (C=O) groups excluding carboxylic acids is 2. The summed E-state index contributed by atoms with van der Waals surface area (Å²) in [5.41, 5.74) is 1.13. The summed E-state index contributed by atoms with van der Waals surface area (Å²) < 4.78 is 0. The van der Waals surface area contributed by atoms with Crippen LogP contribution in [0.1, 0.15) is 50.5 Å². The summed E-state index contributed by atoms with van der Waals surface area (Å²) in [4.78, 5) is 29.2. The summed E-state index contributed by atoms with van der Waals surface area (Å²) in [6.45, 7) is 3.26. The molecular weight excluding hydrogens is 348 g/mol. The van der Waals surface area contributed by atoms with Crippen LogP contribution in [0.2, 0.25) is 5.02 Å². The highest BCUT2D eigenvalue weighted by molar-refractivity contribution is 6.30. The normalized spacial score (nSPS) is 19.3. The van der Waals surface area contributed by atoms with E-state index in [2.05, 4.69) is 4.90 Å². The van der Waals surface area contributed by atoms with Gasteiger partial charge in [0.2, 0.25) is 11.8 Å². The third-order valence-corrected chi connectivity index (χ3v) is 5.91. The van der Waals surface area contributed by atoms with Gasteiger partial charge in [-0.1, -0.05) is 36.6 Å². The molecule has 0 saturated carbocycles. The molecular formula is C21H29ClN2O2. The maximum absolute atomic E-state index is 12.7. The Labute approximate surface area is 161 Å². The number of rotatable bonds is 4. The molecule has 0 aromatic heterocycles. The molecule has 2 saturated heterocycles. The van der Waals surface area contributed by atoms with Gasteiger partial charge in [-0.05, 0) is 49.8 Å². The van der Waals surface area contributed by atoms with E-state index >= 15 is 0 Å². The minimum atomic E-state index is 0.105. The molecule has 0 spiro atoms. The molecule has 2 aliphatic heterocycles. The van der Waals surface area contributed by atoms with E-state index in [-0.39, 0.29) is 11.8 Å². The lowest BCUT2D eigenvalue weighted by Gasteiger charge is -2.34. The highest BCUT2D eigenvalue weighted by Gasteiger charge is 2.30. The topological polar surface area (TPSA) is 40.6 Å². The first-order valence-electron chi connectivity index (χ1n) is 9.94. The fourth-order valence-electron chi connectivity index (χ4n) is 3.99. The number of benzene rings is 1. The molecule has 2 amide bonds. The van der Waals surface area contributed by atoms with Crippen molar-refractivity contribution in [2.24, 2.45) is 5.92 Å². The van der Waals surface area contributed by atoms with Crippen LogP contribution >= 0.6 is 11.6 Å². The van der Waals surface area contributed by atoms with Crippen molar-refractivity contribution in [1.29, 1.82) is 0 Å². The molecule has 4 nitrogen and oxygen atoms in total. The fourth-order valence-corrected chi connectivity index (χ4v) is 4.11. The summed E-state index contributed by atoms with van der Waals surface area (Å²) in [7, 11) is 0. The molecule has 2 heterocycles. The SMILES string of the molecule is O=C(CCc1ccc(Cl)cc1)N1CCC(C(=O)N2CCCCCC2)CC1. The summed E-state index contributed by atoms with van der Waals surface area (Å²) in [5, 5.41) is 0.719. The summed E-state index contributed by atoms with van der Waals surface area (Å²) >= 11 is 5.89. The maximum atomic E-state index is 12.7. The van der Waals surface area contributed by atoms with Crippen molar-refractivity contribution in [3.63, 3.8) is 0 Å². The van der Waals surface area contributed by atoms with Gasteiger partial charge in [-0.3, -0.25) is 9.59 Å². The number of likely N-dealkylation sites (tertiary alicyclic amines) is 2. The number of carbonyl (C=O) groups is 2. The predicted octanol–water partition coefficient (Wildman–Crippen LogP) is 3.91. The first-order valence-corrected chi connectivity index (χ1v) is 10.3. The largest absolute Gasteiger partial charge is 0.343 e. The van der Waals surface area contributed by atoms with Gasteiger partial charge in [0, 0.05) is 43.5 Å². The van der Waals surface area contributed by atoms with Gasteiger partial charge in [0.05, 0.1) is 0 Å². The average Bonchev–Trinajstić information content (AvgIpc) is 2.96. The summed E-state index contributed by atoms with van der Waals surface area (Å²) in [5.74, 6) is 0.620. The number of aryl methyl sites for hydroxylation is 1. The Hall–Kier alpha value is -1.55. The van der Waals surface area contributed by atoms with Crippen molar-refractivity contribution >= 4 is 23.4 Å². The quantitative estimate of drug-likeness (QED) is 0.799. The number of halogens is 1. The molecule has 1 aromatic carbocycles. The molecule has 1 aromatic rings. The van der Waals surface area contributed by atoms with Crippen LogP contribution in [0.4, 0.5) is 0 Å². The molecule has 0 aliphatic carbocycles. The Bertz CT molecular complexity index is 601. The van der Waals surface area contributed by atoms with E-state index in [0.29, 0.717) is 25.4 Å². The molecule has 3 rings (SSSR count). The Kier molecular flexibility index (Phi) is 6.95. The summed E-state index contributed by atoms with van der Waals surface area (Å²) in [6, 6.07) is 7.67. The smallest absolute Gasteiger partial charge is 0.225 e. The standard InChI is InChI=1S/C21H29ClN2O2/c22-19-8-5-17(6-9-19)7-10-20(25)23-15-11-18(12-16-23)21(26)24-13-3-1-2-4-14-24/h5-6,8-9,18H,1-4,7,10-16H2. The Balaban J connectivity index is 1.43. The monoisotopic (exact) mass is 376 g/mol. The lowest BCUT2D eigenvalue weighted by atomic mass is 9.94. The van der Waals surface area contributed by atoms with Crippen molar-refractivity contribution in [2.45, 2.75) is 51.4 Å². The Morgan fingerprint density at radius 2 is 1.50 bits per heavy atom. The first kappa shape index (κ1) is 19.2. The predicted molar refractivity (Wildman–Crippen MR) is 104 cm³/mol. The zero-order chi connectivity index (χ0) is 18.4. The number of piperidine rings is 1. The third kappa shape index (κ3) is 5.23. The highest BCUT2D eigenvalue weighted by Crippen LogP contribution is 2.22. The number of nitrogens with zero attached hydrogens (tertiary/aromatic N) is 2. The van der Waals surface area contributed by atoms with Crippen molar-refractivity contribution in [3.05, 3.63) is 34.9 Å². The number of hydrogen-bond acceptors (Lipinski definition) is 2. The maximum Gasteiger partial charge on any atom is 0.225 e. The van der Waals surface area contributed by atoms with Gasteiger partial charge in [0.1, 0.15) is 0 Å². The first-order chi connectivity index (χ1) is 12.6. The van der Waals surface area contributed by atoms with Gasteiger partial charge >= 0.3 is 0 Å². The van der Waals surface area contributed by atoms with Crippen LogP contribution < -0.4 is 0 Å². The number of amides is 2. The number of hydrogen-bond donors (Lipinski definition) is 0. The molecule has 142 valence electrons. The van der Waals surface area contributed by atoms with Crippen molar-refractivity contribution in [2.75, 3.05) is 26.2 Å². The lowest BCUT2D eigenvalue weighted by molar-refractivity contribution is -0.140. The van der Waals surface area contributed by atoms with E-state index < -0.39 is 0 Å². The molecule has 5 heteroatoms. The third-order valence-electron chi connectivity index (χ3n) is 5.66. The van der Waals surface area contributed by atoms with Gasteiger partial charge in [-0.15, -0.1) is 0 Å². The second-order valence-corrected chi connectivity index (χ2v) is 7.96. The minimum absolute atomic E-state index is 0.105. The molecule has 0 atom stereocenters. The fraction of sp³-hybridized carbons (Fsp3) is 0.619. The molecule has 26 heavy (non-hydrogen) atoms. The van der Waals surface area contributed by atoms with E-state index in [1.165, 1.54) is 12.8 Å². The van der Waals surface area contributed by atoms with Gasteiger partial charge < -0.3 is 9.80 Å². The molecule has 0 bridgehead atoms. The van der Waals surface area contributed by atoms with Gasteiger partial charge in [0.15, 0.2) is 0 Å². The molecule has 0 N–H and O–H groups in total.